The van der Waals surface area contributed by atoms with Gasteiger partial charge in [0.1, 0.15) is 22.3 Å². The van der Waals surface area contributed by atoms with E-state index in [4.69, 9.17) is 10.5 Å². The van der Waals surface area contributed by atoms with Crippen LogP contribution < -0.4 is 11.1 Å². The van der Waals surface area contributed by atoms with Crippen LogP contribution in [0.2, 0.25) is 0 Å². The van der Waals surface area contributed by atoms with E-state index >= 15 is 0 Å². The monoisotopic (exact) mass is 488 g/mol. The third-order valence-corrected chi connectivity index (χ3v) is 7.28. The molecule has 33 heavy (non-hydrogen) atoms. The molecule has 0 bridgehead atoms. The number of amides is 1. The second-order valence-electron chi connectivity index (χ2n) is 6.78. The summed E-state index contributed by atoms with van der Waals surface area (Å²) in [5, 5.41) is 7.18. The van der Waals surface area contributed by atoms with Crippen molar-refractivity contribution in [1.82, 2.24) is 9.78 Å². The van der Waals surface area contributed by atoms with E-state index in [-0.39, 0.29) is 33.8 Å². The minimum Gasteiger partial charge on any atom is -0.462 e. The van der Waals surface area contributed by atoms with Gasteiger partial charge in [-0.05, 0) is 43.0 Å². The number of ether oxygens (including phenoxy) is 1. The van der Waals surface area contributed by atoms with Crippen molar-refractivity contribution in [2.75, 3.05) is 23.4 Å². The fraction of sp³-hybridized carbons (Fsp3) is 0.227. The van der Waals surface area contributed by atoms with Crippen LogP contribution in [-0.4, -0.2) is 42.4 Å². The summed E-state index contributed by atoms with van der Waals surface area (Å²) < 4.78 is 32.5. The van der Waals surface area contributed by atoms with Crippen LogP contribution in [0, 0.1) is 0 Å². The van der Waals surface area contributed by atoms with Gasteiger partial charge in [0.15, 0.2) is 0 Å². The first kappa shape index (κ1) is 24.3. The number of carbonyl (C=O) groups excluding carboxylic acids is 2. The van der Waals surface area contributed by atoms with Crippen molar-refractivity contribution in [3.63, 3.8) is 0 Å². The highest BCUT2D eigenvalue weighted by molar-refractivity contribution is 8.00. The van der Waals surface area contributed by atoms with Gasteiger partial charge in [-0.1, -0.05) is 31.2 Å². The summed E-state index contributed by atoms with van der Waals surface area (Å²) in [4.78, 5) is 24.5. The molecule has 174 valence electrons. The lowest BCUT2D eigenvalue weighted by Gasteiger charge is -2.09. The van der Waals surface area contributed by atoms with Crippen LogP contribution in [0.1, 0.15) is 24.2 Å². The highest BCUT2D eigenvalue weighted by atomic mass is 32.2. The summed E-state index contributed by atoms with van der Waals surface area (Å²) in [6.45, 7) is 3.49. The zero-order valence-corrected chi connectivity index (χ0v) is 19.8. The van der Waals surface area contributed by atoms with Crippen LogP contribution in [0.5, 0.6) is 0 Å². The topological polar surface area (TPSA) is 133 Å². The minimum absolute atomic E-state index is 0.0921. The second-order valence-corrected chi connectivity index (χ2v) is 9.92. The maximum atomic E-state index is 13.2. The molecule has 0 saturated carbocycles. The molecule has 0 aliphatic carbocycles. The van der Waals surface area contributed by atoms with Crippen molar-refractivity contribution in [1.29, 1.82) is 0 Å². The Kier molecular flexibility index (Phi) is 7.77. The smallest absolute Gasteiger partial charge is 0.338 e. The molecule has 9 nitrogen and oxygen atoms in total. The van der Waals surface area contributed by atoms with Gasteiger partial charge >= 0.3 is 5.97 Å². The highest BCUT2D eigenvalue weighted by Crippen LogP contribution is 2.34. The van der Waals surface area contributed by atoms with Crippen molar-refractivity contribution >= 4 is 45.0 Å². The summed E-state index contributed by atoms with van der Waals surface area (Å²) in [6.07, 6.45) is 0. The number of aromatic nitrogens is 2. The molecule has 2 aromatic carbocycles. The Balaban J connectivity index is 1.86. The average molecular weight is 489 g/mol. The lowest BCUT2D eigenvalue weighted by Crippen LogP contribution is -2.21. The Hall–Kier alpha value is -3.31. The van der Waals surface area contributed by atoms with Crippen LogP contribution in [0.3, 0.4) is 0 Å². The first-order chi connectivity index (χ1) is 15.8. The molecule has 0 aliphatic rings. The number of hydrogen-bond donors (Lipinski definition) is 2. The number of thioether (sulfide) groups is 1. The Bertz CT molecular complexity index is 1260. The van der Waals surface area contributed by atoms with Gasteiger partial charge in [-0.25, -0.2) is 17.9 Å². The van der Waals surface area contributed by atoms with E-state index in [1.807, 2.05) is 6.92 Å². The van der Waals surface area contributed by atoms with Gasteiger partial charge in [-0.3, -0.25) is 4.79 Å². The fourth-order valence-electron chi connectivity index (χ4n) is 3.03. The zero-order chi connectivity index (χ0) is 24.0. The van der Waals surface area contributed by atoms with E-state index in [0.717, 1.165) is 0 Å². The van der Waals surface area contributed by atoms with Crippen LogP contribution in [0.15, 0.2) is 69.4 Å². The number of benzene rings is 2. The van der Waals surface area contributed by atoms with Crippen molar-refractivity contribution in [2.45, 2.75) is 35.2 Å². The molecule has 0 aliphatic heterocycles. The van der Waals surface area contributed by atoms with Gasteiger partial charge in [0.25, 0.3) is 0 Å². The predicted octanol–water partition coefficient (Wildman–Crippen LogP) is 3.23. The van der Waals surface area contributed by atoms with Crippen molar-refractivity contribution in [2.24, 2.45) is 0 Å². The number of sulfone groups is 1. The number of carbonyl (C=O) groups is 2. The van der Waals surface area contributed by atoms with E-state index < -0.39 is 21.7 Å². The fourth-order valence-corrected chi connectivity index (χ4v) is 5.61. The average Bonchev–Trinajstić information content (AvgIpc) is 3.10. The Morgan fingerprint density at radius 2 is 1.85 bits per heavy atom. The summed E-state index contributed by atoms with van der Waals surface area (Å²) in [5.41, 5.74) is 6.85. The molecule has 1 aromatic heterocycles. The highest BCUT2D eigenvalue weighted by Gasteiger charge is 2.29. The number of nitrogens with one attached hydrogen (secondary N) is 1. The summed E-state index contributed by atoms with van der Waals surface area (Å²) in [5.74, 6) is -0.533. The van der Waals surface area contributed by atoms with E-state index in [1.165, 1.54) is 34.6 Å². The number of nitrogens with two attached hydrogens (primary N) is 1. The Labute approximate surface area is 196 Å². The molecule has 0 unspecified atom stereocenters. The minimum atomic E-state index is -3.93. The Morgan fingerprint density at radius 3 is 2.52 bits per heavy atom. The molecule has 11 heteroatoms. The molecular formula is C22H24N4O5S2. The van der Waals surface area contributed by atoms with E-state index in [1.54, 1.807) is 43.3 Å². The third kappa shape index (κ3) is 5.55. The van der Waals surface area contributed by atoms with Gasteiger partial charge < -0.3 is 15.8 Å². The van der Waals surface area contributed by atoms with Gasteiger partial charge in [0, 0.05) is 5.69 Å². The lowest BCUT2D eigenvalue weighted by atomic mass is 10.2. The number of esters is 1. The molecule has 3 aromatic rings. The maximum Gasteiger partial charge on any atom is 0.338 e. The van der Waals surface area contributed by atoms with E-state index in [9.17, 15) is 18.0 Å². The largest absolute Gasteiger partial charge is 0.462 e. The lowest BCUT2D eigenvalue weighted by molar-refractivity contribution is -0.116. The number of hydrogen-bond acceptors (Lipinski definition) is 8. The summed E-state index contributed by atoms with van der Waals surface area (Å²) in [7, 11) is -3.93. The van der Waals surface area contributed by atoms with Crippen molar-refractivity contribution in [3.8, 4) is 0 Å². The second kappa shape index (κ2) is 10.5. The maximum absolute atomic E-state index is 13.2. The van der Waals surface area contributed by atoms with Crippen LogP contribution in [0.25, 0.3) is 0 Å². The molecule has 0 atom stereocenters. The number of rotatable bonds is 9. The van der Waals surface area contributed by atoms with Gasteiger partial charge in [0.05, 0.1) is 17.1 Å². The zero-order valence-electron chi connectivity index (χ0n) is 18.1. The molecule has 1 amide bonds. The normalized spacial score (nSPS) is 11.2. The van der Waals surface area contributed by atoms with Gasteiger partial charge in [-0.15, -0.1) is 11.8 Å². The molecule has 0 saturated heterocycles. The third-order valence-electron chi connectivity index (χ3n) is 4.47. The molecule has 3 N–H and O–H groups in total. The first-order valence-corrected chi connectivity index (χ1v) is 12.6. The van der Waals surface area contributed by atoms with Crippen LogP contribution in [-0.2, 0) is 25.9 Å². The number of anilines is 2. The standard InChI is InChI=1S/C22H24N4O5S2/c1-3-31-22(28)15-9-8-10-16(13-15)24-18(27)14-26-20(23)19(21(25-26)32-4-2)33(29,30)17-11-6-5-7-12-17/h5-13H,3-4,14,23H2,1-2H3,(H,24,27). The molecule has 0 radical (unpaired) electrons. The van der Waals surface area contributed by atoms with Crippen molar-refractivity contribution < 1.29 is 22.7 Å². The molecular weight excluding hydrogens is 464 g/mol. The molecule has 0 spiro atoms. The number of nitrogens with zero attached hydrogens (tertiary/aromatic N) is 2. The molecule has 1 heterocycles. The molecule has 0 fully saturated rings. The predicted molar refractivity (Wildman–Crippen MR) is 126 cm³/mol. The molecule has 3 rings (SSSR count). The van der Waals surface area contributed by atoms with E-state index in [2.05, 4.69) is 10.4 Å². The Morgan fingerprint density at radius 1 is 1.12 bits per heavy atom. The van der Waals surface area contributed by atoms with Gasteiger partial charge in [-0.2, -0.15) is 5.10 Å². The summed E-state index contributed by atoms with van der Waals surface area (Å²) in [6, 6.07) is 14.2. The number of nitrogen functional groups attached to an aromatic ring is 1. The van der Waals surface area contributed by atoms with E-state index in [0.29, 0.717) is 17.0 Å². The first-order valence-electron chi connectivity index (χ1n) is 10.1. The SMILES string of the molecule is CCOC(=O)c1cccc(NC(=O)Cn2nc(SCC)c(S(=O)(=O)c3ccccc3)c2N)c1. The van der Waals surface area contributed by atoms with Crippen molar-refractivity contribution in [3.05, 3.63) is 60.2 Å². The summed E-state index contributed by atoms with van der Waals surface area (Å²) >= 11 is 1.23. The van der Waals surface area contributed by atoms with Crippen LogP contribution in [0.4, 0.5) is 11.5 Å². The quantitative estimate of drug-likeness (QED) is 0.346. The van der Waals surface area contributed by atoms with Gasteiger partial charge in [0.2, 0.25) is 15.7 Å². The van der Waals surface area contributed by atoms with Crippen LogP contribution >= 0.6 is 11.8 Å².